The maximum absolute atomic E-state index is 12.1. The molecule has 0 fully saturated rings. The lowest BCUT2D eigenvalue weighted by atomic mass is 10.3. The van der Waals surface area contributed by atoms with Gasteiger partial charge < -0.3 is 10.1 Å². The molecule has 104 valence electrons. The topological polar surface area (TPSA) is 48.2 Å². The van der Waals surface area contributed by atoms with Crippen LogP contribution in [-0.4, -0.2) is 35.4 Å². The van der Waals surface area contributed by atoms with Gasteiger partial charge in [-0.15, -0.1) is 0 Å². The smallest absolute Gasteiger partial charge is 0.328 e. The van der Waals surface area contributed by atoms with E-state index in [2.05, 4.69) is 12.2 Å². The van der Waals surface area contributed by atoms with Gasteiger partial charge in [0.25, 0.3) is 0 Å². The fourth-order valence-corrected chi connectivity index (χ4v) is 1.92. The van der Waals surface area contributed by atoms with Crippen LogP contribution in [0.1, 0.15) is 33.2 Å². The highest BCUT2D eigenvalue weighted by molar-refractivity contribution is 4.85. The van der Waals surface area contributed by atoms with E-state index in [9.17, 15) is 4.79 Å². The second kappa shape index (κ2) is 7.38. The minimum atomic E-state index is 0.0457. The molecule has 0 aliphatic heterocycles. The second-order valence-corrected chi connectivity index (χ2v) is 4.84. The van der Waals surface area contributed by atoms with Gasteiger partial charge in [-0.3, -0.25) is 9.13 Å². The van der Waals surface area contributed by atoms with Crippen molar-refractivity contribution in [2.45, 2.75) is 45.8 Å². The Kier molecular flexibility index (Phi) is 6.15. The number of ether oxygens (including phenoxy) is 1. The molecular weight excluding hydrogens is 230 g/mol. The van der Waals surface area contributed by atoms with Gasteiger partial charge >= 0.3 is 5.69 Å². The summed E-state index contributed by atoms with van der Waals surface area (Å²) in [7, 11) is 1.68. The van der Waals surface area contributed by atoms with Gasteiger partial charge in [-0.2, -0.15) is 0 Å². The molecule has 1 rings (SSSR count). The third-order valence-corrected chi connectivity index (χ3v) is 2.90. The summed E-state index contributed by atoms with van der Waals surface area (Å²) in [6, 6.07) is 0.374. The summed E-state index contributed by atoms with van der Waals surface area (Å²) in [6.45, 7) is 8.33. The summed E-state index contributed by atoms with van der Waals surface area (Å²) in [4.78, 5) is 12.1. The van der Waals surface area contributed by atoms with Crippen molar-refractivity contribution in [2.75, 3.05) is 20.3 Å². The zero-order valence-corrected chi connectivity index (χ0v) is 11.8. The third kappa shape index (κ3) is 3.99. The molecule has 0 saturated carbocycles. The van der Waals surface area contributed by atoms with Crippen LogP contribution in [0.15, 0.2) is 17.2 Å². The summed E-state index contributed by atoms with van der Waals surface area (Å²) in [5, 5.41) is 3.39. The quantitative estimate of drug-likeness (QED) is 0.760. The number of nitrogens with zero attached hydrogens (tertiary/aromatic N) is 2. The maximum Gasteiger partial charge on any atom is 0.328 e. The first-order valence-corrected chi connectivity index (χ1v) is 6.59. The van der Waals surface area contributed by atoms with Gasteiger partial charge in [0.2, 0.25) is 0 Å². The normalized spacial score (nSPS) is 13.2. The van der Waals surface area contributed by atoms with Crippen LogP contribution in [0.5, 0.6) is 0 Å². The van der Waals surface area contributed by atoms with E-state index in [1.807, 2.05) is 26.2 Å². The number of imidazole rings is 1. The van der Waals surface area contributed by atoms with E-state index in [0.717, 1.165) is 13.0 Å². The molecule has 1 atom stereocenters. The van der Waals surface area contributed by atoms with Gasteiger partial charge in [-0.1, -0.05) is 6.92 Å². The van der Waals surface area contributed by atoms with E-state index in [1.54, 1.807) is 16.2 Å². The molecule has 5 heteroatoms. The van der Waals surface area contributed by atoms with Crippen LogP contribution in [-0.2, 0) is 11.3 Å². The summed E-state index contributed by atoms with van der Waals surface area (Å²) in [6.07, 6.45) is 4.76. The summed E-state index contributed by atoms with van der Waals surface area (Å²) in [5.41, 5.74) is 0.0457. The molecule has 0 aliphatic rings. The minimum absolute atomic E-state index is 0.0457. The zero-order chi connectivity index (χ0) is 13.5. The fourth-order valence-electron chi connectivity index (χ4n) is 1.92. The molecule has 1 N–H and O–H groups in total. The summed E-state index contributed by atoms with van der Waals surface area (Å²) in [5.74, 6) is 0. The van der Waals surface area contributed by atoms with Crippen molar-refractivity contribution in [2.24, 2.45) is 0 Å². The van der Waals surface area contributed by atoms with Gasteiger partial charge in [0.15, 0.2) is 0 Å². The Morgan fingerprint density at radius 1 is 1.39 bits per heavy atom. The Morgan fingerprint density at radius 2 is 2.11 bits per heavy atom. The molecule has 0 spiro atoms. The van der Waals surface area contributed by atoms with Gasteiger partial charge in [-0.25, -0.2) is 4.79 Å². The van der Waals surface area contributed by atoms with Crippen LogP contribution in [0.4, 0.5) is 0 Å². The molecule has 0 amide bonds. The lowest BCUT2D eigenvalue weighted by molar-refractivity contribution is 0.158. The van der Waals surface area contributed by atoms with Crippen molar-refractivity contribution in [3.8, 4) is 0 Å². The number of aromatic nitrogens is 2. The van der Waals surface area contributed by atoms with Gasteiger partial charge in [0.1, 0.15) is 0 Å². The average Bonchev–Trinajstić information content (AvgIpc) is 2.68. The van der Waals surface area contributed by atoms with Crippen LogP contribution < -0.4 is 11.0 Å². The Hall–Kier alpha value is -1.07. The number of hydrogen-bond donors (Lipinski definition) is 1. The van der Waals surface area contributed by atoms with Gasteiger partial charge in [0, 0.05) is 38.1 Å². The molecule has 1 heterocycles. The molecule has 0 radical (unpaired) electrons. The SMILES string of the molecule is CCCNC(COC)Cn1ccn(C(C)C)c1=O. The molecule has 1 aromatic heterocycles. The molecule has 1 aromatic rings. The minimum Gasteiger partial charge on any atom is -0.383 e. The van der Waals surface area contributed by atoms with E-state index in [0.29, 0.717) is 13.2 Å². The van der Waals surface area contributed by atoms with Crippen molar-refractivity contribution in [1.82, 2.24) is 14.5 Å². The van der Waals surface area contributed by atoms with E-state index < -0.39 is 0 Å². The lowest BCUT2D eigenvalue weighted by Crippen LogP contribution is -2.40. The predicted molar refractivity (Wildman–Crippen MR) is 73.0 cm³/mol. The first-order valence-electron chi connectivity index (χ1n) is 6.59. The highest BCUT2D eigenvalue weighted by Crippen LogP contribution is 2.00. The van der Waals surface area contributed by atoms with Gasteiger partial charge in [-0.05, 0) is 26.8 Å². The molecule has 18 heavy (non-hydrogen) atoms. The Balaban J connectivity index is 2.71. The maximum atomic E-state index is 12.1. The standard InChI is InChI=1S/C13H25N3O2/c1-5-6-14-12(10-18-4)9-15-7-8-16(11(2)3)13(15)17/h7-8,11-12,14H,5-6,9-10H2,1-4H3. The third-order valence-electron chi connectivity index (χ3n) is 2.90. The molecule has 0 aromatic carbocycles. The van der Waals surface area contributed by atoms with Crippen LogP contribution in [0, 0.1) is 0 Å². The molecule has 5 nitrogen and oxygen atoms in total. The van der Waals surface area contributed by atoms with Crippen LogP contribution in [0.3, 0.4) is 0 Å². The fraction of sp³-hybridized carbons (Fsp3) is 0.769. The largest absolute Gasteiger partial charge is 0.383 e. The molecule has 0 saturated heterocycles. The van der Waals surface area contributed by atoms with E-state index in [-0.39, 0.29) is 17.8 Å². The number of nitrogens with one attached hydrogen (secondary N) is 1. The highest BCUT2D eigenvalue weighted by atomic mass is 16.5. The summed E-state index contributed by atoms with van der Waals surface area (Å²) >= 11 is 0. The number of hydrogen-bond acceptors (Lipinski definition) is 3. The van der Waals surface area contributed by atoms with Crippen molar-refractivity contribution in [3.63, 3.8) is 0 Å². The molecule has 0 aliphatic carbocycles. The highest BCUT2D eigenvalue weighted by Gasteiger charge is 2.12. The Labute approximate surface area is 109 Å². The first-order chi connectivity index (χ1) is 8.60. The van der Waals surface area contributed by atoms with E-state index in [1.165, 1.54) is 0 Å². The monoisotopic (exact) mass is 255 g/mol. The average molecular weight is 255 g/mol. The van der Waals surface area contributed by atoms with Gasteiger partial charge in [0.05, 0.1) is 6.61 Å². The zero-order valence-electron chi connectivity index (χ0n) is 11.8. The molecule has 1 unspecified atom stereocenters. The van der Waals surface area contributed by atoms with E-state index >= 15 is 0 Å². The van der Waals surface area contributed by atoms with Crippen LogP contribution in [0.2, 0.25) is 0 Å². The first kappa shape index (κ1) is 15.0. The Bertz CT molecular complexity index is 395. The van der Waals surface area contributed by atoms with E-state index in [4.69, 9.17) is 4.74 Å². The van der Waals surface area contributed by atoms with Crippen molar-refractivity contribution >= 4 is 0 Å². The van der Waals surface area contributed by atoms with Crippen LogP contribution in [0.25, 0.3) is 0 Å². The van der Waals surface area contributed by atoms with Crippen LogP contribution >= 0.6 is 0 Å². The van der Waals surface area contributed by atoms with Crippen molar-refractivity contribution in [1.29, 1.82) is 0 Å². The second-order valence-electron chi connectivity index (χ2n) is 4.84. The predicted octanol–water partition coefficient (Wildman–Crippen LogP) is 1.25. The lowest BCUT2D eigenvalue weighted by Gasteiger charge is -2.17. The van der Waals surface area contributed by atoms with Crippen molar-refractivity contribution < 1.29 is 4.74 Å². The molecular formula is C13H25N3O2. The number of methoxy groups -OCH3 is 1. The number of rotatable bonds is 8. The summed E-state index contributed by atoms with van der Waals surface area (Å²) < 4.78 is 8.66. The Morgan fingerprint density at radius 3 is 2.61 bits per heavy atom. The molecule has 0 bridgehead atoms. The van der Waals surface area contributed by atoms with Crippen molar-refractivity contribution in [3.05, 3.63) is 22.9 Å².